The normalized spacial score (nSPS) is 12.9. The highest BCUT2D eigenvalue weighted by Crippen LogP contribution is 2.29. The van der Waals surface area contributed by atoms with Gasteiger partial charge in [-0.05, 0) is 87.1 Å². The molecule has 0 radical (unpaired) electrons. The van der Waals surface area contributed by atoms with Crippen molar-refractivity contribution in [2.24, 2.45) is 5.92 Å². The molecule has 0 saturated heterocycles. The lowest BCUT2D eigenvalue weighted by Crippen LogP contribution is -2.43. The number of halogens is 2. The lowest BCUT2D eigenvalue weighted by Gasteiger charge is -2.20. The maximum atomic E-state index is 14.3. The fourth-order valence-corrected chi connectivity index (χ4v) is 4.66. The van der Waals surface area contributed by atoms with Crippen LogP contribution in [0.4, 0.5) is 8.78 Å². The van der Waals surface area contributed by atoms with E-state index in [2.05, 4.69) is 73.0 Å². The topological polar surface area (TPSA) is 92.7 Å². The third kappa shape index (κ3) is 16.7. The summed E-state index contributed by atoms with van der Waals surface area (Å²) in [5.41, 5.74) is -0.198. The van der Waals surface area contributed by atoms with Crippen molar-refractivity contribution < 1.29 is 33.0 Å². The van der Waals surface area contributed by atoms with E-state index in [1.807, 2.05) is 26.0 Å². The largest absolute Gasteiger partial charge is 0.478 e. The van der Waals surface area contributed by atoms with E-state index in [4.69, 9.17) is 4.74 Å². The van der Waals surface area contributed by atoms with E-state index in [1.165, 1.54) is 18.2 Å². The first-order valence-corrected chi connectivity index (χ1v) is 16.9. The molecule has 2 rings (SSSR count). The number of carbonyl (C=O) groups is 3. The molecule has 0 aliphatic carbocycles. The number of nitrogens with one attached hydrogen (secondary N) is 1. The number of benzene rings is 2. The molecule has 2 N–H and O–H groups in total. The summed E-state index contributed by atoms with van der Waals surface area (Å²) in [5, 5.41) is 12.5. The smallest absolute Gasteiger partial charge is 0.339 e. The summed E-state index contributed by atoms with van der Waals surface area (Å²) in [5.74, 6) is -4.37. The van der Waals surface area contributed by atoms with Gasteiger partial charge in [-0.25, -0.2) is 18.4 Å². The minimum absolute atomic E-state index is 0.00127. The Hall–Kier alpha value is -4.85. The zero-order valence-corrected chi connectivity index (χ0v) is 28.7. The number of rotatable bonds is 21. The Morgan fingerprint density at radius 2 is 1.33 bits per heavy atom. The predicted octanol–water partition coefficient (Wildman–Crippen LogP) is 10.2. The van der Waals surface area contributed by atoms with Crippen molar-refractivity contribution in [2.45, 2.75) is 84.6 Å². The van der Waals surface area contributed by atoms with Gasteiger partial charge in [-0.2, -0.15) is 0 Å². The molecule has 0 aromatic heterocycles. The second-order valence-electron chi connectivity index (χ2n) is 11.8. The maximum absolute atomic E-state index is 14.3. The summed E-state index contributed by atoms with van der Waals surface area (Å²) in [6.07, 6.45) is 31.8. The van der Waals surface area contributed by atoms with Crippen molar-refractivity contribution in [3.63, 3.8) is 0 Å². The molecule has 1 amide bonds. The number of aromatic carboxylic acids is 1. The molecule has 0 aliphatic rings. The molecule has 0 fully saturated rings. The van der Waals surface area contributed by atoms with Crippen LogP contribution in [-0.4, -0.2) is 29.0 Å². The molecule has 262 valence electrons. The summed E-state index contributed by atoms with van der Waals surface area (Å²) < 4.78 is 33.1. The van der Waals surface area contributed by atoms with E-state index >= 15 is 0 Å². The van der Waals surface area contributed by atoms with Gasteiger partial charge in [-0.3, -0.25) is 4.79 Å². The third-order valence-corrected chi connectivity index (χ3v) is 7.12. The van der Waals surface area contributed by atoms with Crippen LogP contribution in [0.25, 0.3) is 11.1 Å². The summed E-state index contributed by atoms with van der Waals surface area (Å²) in [6, 6.07) is 5.76. The van der Waals surface area contributed by atoms with Crippen molar-refractivity contribution in [3.05, 3.63) is 127 Å². The Balaban J connectivity index is 1.80. The van der Waals surface area contributed by atoms with E-state index < -0.39 is 29.6 Å². The van der Waals surface area contributed by atoms with Gasteiger partial charge in [0.1, 0.15) is 29.0 Å². The zero-order valence-electron chi connectivity index (χ0n) is 28.7. The summed E-state index contributed by atoms with van der Waals surface area (Å²) >= 11 is 0. The van der Waals surface area contributed by atoms with Gasteiger partial charge in [-0.15, -0.1) is 0 Å². The third-order valence-electron chi connectivity index (χ3n) is 7.12. The van der Waals surface area contributed by atoms with Gasteiger partial charge in [0.05, 0.1) is 0 Å². The standard InChI is InChI=1S/C41H49F2NO5/c1-4-5-6-7-8-9-10-11-12-13-14-15-16-17-18-19-20-21-22-23-39(45)44-37(28-31(2)3)41(48)49-38-27-24-32(29-35(38)40(46)47)34-26-25-33(42)30-36(34)43/h5-6,8-9,11-12,14-15,17-18,20-21,24-27,29-31,37H,4,7,10,13,16,19,22-23,28H2,1-3H3,(H,44,45)(H,46,47). The second kappa shape index (κ2) is 23.5. The maximum Gasteiger partial charge on any atom is 0.339 e. The van der Waals surface area contributed by atoms with Crippen molar-refractivity contribution in [2.75, 3.05) is 0 Å². The van der Waals surface area contributed by atoms with Gasteiger partial charge in [0.2, 0.25) is 5.91 Å². The molecular formula is C41H49F2NO5. The molecule has 49 heavy (non-hydrogen) atoms. The molecule has 0 heterocycles. The second-order valence-corrected chi connectivity index (χ2v) is 11.8. The molecule has 0 saturated carbocycles. The molecule has 2 aromatic carbocycles. The average Bonchev–Trinajstić information content (AvgIpc) is 3.05. The average molecular weight is 674 g/mol. The summed E-state index contributed by atoms with van der Waals surface area (Å²) in [4.78, 5) is 37.7. The van der Waals surface area contributed by atoms with E-state index in [-0.39, 0.29) is 47.1 Å². The van der Waals surface area contributed by atoms with Gasteiger partial charge >= 0.3 is 11.9 Å². The SMILES string of the molecule is CCC=CCC=CCC=CCC=CCC=CCC=CCCC(=O)NC(CC(C)C)C(=O)Oc1ccc(-c2ccc(F)cc2F)cc1C(=O)O. The van der Waals surface area contributed by atoms with E-state index in [0.29, 0.717) is 12.5 Å². The Bertz CT molecular complexity index is 1530. The van der Waals surface area contributed by atoms with Crippen LogP contribution in [0.3, 0.4) is 0 Å². The number of amides is 1. The number of carboxylic acid groups (broad SMARTS) is 1. The van der Waals surface area contributed by atoms with Crippen LogP contribution in [0.2, 0.25) is 0 Å². The number of hydrogen-bond acceptors (Lipinski definition) is 4. The predicted molar refractivity (Wildman–Crippen MR) is 193 cm³/mol. The van der Waals surface area contributed by atoms with Gasteiger partial charge in [0.15, 0.2) is 0 Å². The molecule has 0 aliphatic heterocycles. The monoisotopic (exact) mass is 673 g/mol. The number of esters is 1. The molecule has 1 unspecified atom stereocenters. The quantitative estimate of drug-likeness (QED) is 0.0782. The first-order valence-electron chi connectivity index (χ1n) is 16.9. The van der Waals surface area contributed by atoms with Crippen molar-refractivity contribution >= 4 is 17.8 Å². The van der Waals surface area contributed by atoms with Crippen LogP contribution in [-0.2, 0) is 9.59 Å². The van der Waals surface area contributed by atoms with E-state index in [9.17, 15) is 28.3 Å². The number of hydrogen-bond donors (Lipinski definition) is 2. The van der Waals surface area contributed by atoms with E-state index in [1.54, 1.807) is 0 Å². The minimum atomic E-state index is -1.40. The fourth-order valence-electron chi connectivity index (χ4n) is 4.66. The van der Waals surface area contributed by atoms with Crippen molar-refractivity contribution in [1.82, 2.24) is 5.32 Å². The highest BCUT2D eigenvalue weighted by Gasteiger charge is 2.26. The first kappa shape index (κ1) is 40.3. The van der Waals surface area contributed by atoms with Gasteiger partial charge in [0, 0.05) is 18.1 Å². The number of ether oxygens (including phenoxy) is 1. The van der Waals surface area contributed by atoms with Crippen molar-refractivity contribution in [3.8, 4) is 16.9 Å². The molecule has 0 bridgehead atoms. The Morgan fingerprint density at radius 3 is 1.84 bits per heavy atom. The van der Waals surface area contributed by atoms with Crippen LogP contribution < -0.4 is 10.1 Å². The lowest BCUT2D eigenvalue weighted by atomic mass is 10.0. The van der Waals surface area contributed by atoms with Crippen molar-refractivity contribution in [1.29, 1.82) is 0 Å². The number of carboxylic acids is 1. The molecule has 8 heteroatoms. The summed E-state index contributed by atoms with van der Waals surface area (Å²) in [6.45, 7) is 5.90. The Labute approximate surface area is 289 Å². The zero-order chi connectivity index (χ0) is 35.9. The highest BCUT2D eigenvalue weighted by atomic mass is 19.1. The highest BCUT2D eigenvalue weighted by molar-refractivity contribution is 5.94. The van der Waals surface area contributed by atoms with Crippen LogP contribution in [0, 0.1) is 17.6 Å². The minimum Gasteiger partial charge on any atom is -0.478 e. The molecule has 0 spiro atoms. The van der Waals surface area contributed by atoms with Crippen LogP contribution in [0.15, 0.2) is 109 Å². The van der Waals surface area contributed by atoms with Crippen LogP contribution >= 0.6 is 0 Å². The Morgan fingerprint density at radius 1 is 0.776 bits per heavy atom. The molecular weight excluding hydrogens is 624 g/mol. The molecule has 6 nitrogen and oxygen atoms in total. The first-order chi connectivity index (χ1) is 23.6. The molecule has 1 atom stereocenters. The molecule has 2 aromatic rings. The summed E-state index contributed by atoms with van der Waals surface area (Å²) in [7, 11) is 0. The van der Waals surface area contributed by atoms with Gasteiger partial charge in [-0.1, -0.05) is 99.7 Å². The lowest BCUT2D eigenvalue weighted by molar-refractivity contribution is -0.139. The number of carbonyl (C=O) groups excluding carboxylic acids is 2. The van der Waals surface area contributed by atoms with Gasteiger partial charge in [0.25, 0.3) is 0 Å². The Kier molecular flexibility index (Phi) is 19.3. The van der Waals surface area contributed by atoms with Gasteiger partial charge < -0.3 is 15.2 Å². The van der Waals surface area contributed by atoms with Crippen LogP contribution in [0.1, 0.15) is 88.9 Å². The fraction of sp³-hybridized carbons (Fsp3) is 0.341. The van der Waals surface area contributed by atoms with Crippen LogP contribution in [0.5, 0.6) is 5.75 Å². The van der Waals surface area contributed by atoms with E-state index in [0.717, 1.165) is 50.7 Å². The number of allylic oxidation sites excluding steroid dienone is 12.